The van der Waals surface area contributed by atoms with Gasteiger partial charge in [-0.2, -0.15) is 5.10 Å². The number of aromatic nitrogens is 5. The second-order valence-corrected chi connectivity index (χ2v) is 7.04. The van der Waals surface area contributed by atoms with Crippen molar-refractivity contribution in [1.82, 2.24) is 24.7 Å². The average Bonchev–Trinajstić information content (AvgIpc) is 3.12. The molecular formula is C19H16Cl2N6O. The van der Waals surface area contributed by atoms with Gasteiger partial charge in [0.2, 0.25) is 5.95 Å². The summed E-state index contributed by atoms with van der Waals surface area (Å²) in [5.41, 5.74) is 2.74. The molecule has 0 aliphatic carbocycles. The molecule has 4 aromatic rings. The third-order valence-corrected chi connectivity index (χ3v) is 5.02. The summed E-state index contributed by atoms with van der Waals surface area (Å²) in [6, 6.07) is 9.23. The zero-order valence-corrected chi connectivity index (χ0v) is 16.2. The van der Waals surface area contributed by atoms with Crippen LogP contribution in [0.1, 0.15) is 11.1 Å². The monoisotopic (exact) mass is 414 g/mol. The highest BCUT2D eigenvalue weighted by Crippen LogP contribution is 2.22. The number of benzene rings is 1. The van der Waals surface area contributed by atoms with E-state index in [1.807, 2.05) is 18.2 Å². The molecule has 28 heavy (non-hydrogen) atoms. The molecule has 0 fully saturated rings. The maximum Gasteiger partial charge on any atom is 0.278 e. The number of hydrogen-bond donors (Lipinski definition) is 2. The van der Waals surface area contributed by atoms with Gasteiger partial charge >= 0.3 is 0 Å². The molecule has 0 spiro atoms. The third kappa shape index (κ3) is 4.00. The lowest BCUT2D eigenvalue weighted by Gasteiger charge is -2.07. The molecule has 0 radical (unpaired) electrons. The van der Waals surface area contributed by atoms with Gasteiger partial charge in [-0.15, -0.1) is 0 Å². The van der Waals surface area contributed by atoms with Gasteiger partial charge in [-0.05, 0) is 35.7 Å². The second kappa shape index (κ2) is 8.00. The van der Waals surface area contributed by atoms with Gasteiger partial charge in [-0.25, -0.2) is 4.98 Å². The summed E-state index contributed by atoms with van der Waals surface area (Å²) < 4.78 is 1.66. The van der Waals surface area contributed by atoms with Crippen molar-refractivity contribution in [3.8, 4) is 0 Å². The van der Waals surface area contributed by atoms with Crippen molar-refractivity contribution in [2.75, 3.05) is 5.32 Å². The highest BCUT2D eigenvalue weighted by atomic mass is 35.5. The van der Waals surface area contributed by atoms with Crippen molar-refractivity contribution >= 4 is 40.2 Å². The van der Waals surface area contributed by atoms with Gasteiger partial charge in [0.1, 0.15) is 5.52 Å². The van der Waals surface area contributed by atoms with Crippen molar-refractivity contribution in [2.45, 2.75) is 19.5 Å². The highest BCUT2D eigenvalue weighted by molar-refractivity contribution is 6.42. The van der Waals surface area contributed by atoms with E-state index in [0.29, 0.717) is 40.1 Å². The Kier molecular flexibility index (Phi) is 5.27. The molecule has 9 heteroatoms. The van der Waals surface area contributed by atoms with Gasteiger partial charge in [-0.3, -0.25) is 19.4 Å². The quantitative estimate of drug-likeness (QED) is 0.502. The molecule has 4 rings (SSSR count). The SMILES string of the molecule is O=c1[nH]c(NCc2ccc(Cl)c(Cl)c2)nc2cnn(CCc3cccnc3)c12. The van der Waals surface area contributed by atoms with Crippen LogP contribution in [-0.4, -0.2) is 24.7 Å². The molecule has 3 heterocycles. The van der Waals surface area contributed by atoms with E-state index >= 15 is 0 Å². The smallest absolute Gasteiger partial charge is 0.278 e. The third-order valence-electron chi connectivity index (χ3n) is 4.28. The Hall–Kier alpha value is -2.90. The Bertz CT molecular complexity index is 1170. The Morgan fingerprint density at radius 2 is 2.00 bits per heavy atom. The molecule has 142 valence electrons. The minimum Gasteiger partial charge on any atom is -0.352 e. The first-order valence-electron chi connectivity index (χ1n) is 8.63. The molecule has 0 atom stereocenters. The number of anilines is 1. The maximum absolute atomic E-state index is 12.6. The summed E-state index contributed by atoms with van der Waals surface area (Å²) in [6.07, 6.45) is 5.85. The summed E-state index contributed by atoms with van der Waals surface area (Å²) in [4.78, 5) is 23.9. The van der Waals surface area contributed by atoms with Crippen molar-refractivity contribution in [3.63, 3.8) is 0 Å². The lowest BCUT2D eigenvalue weighted by atomic mass is 10.2. The number of hydrogen-bond acceptors (Lipinski definition) is 5. The van der Waals surface area contributed by atoms with Crippen LogP contribution in [0.2, 0.25) is 10.0 Å². The molecule has 0 amide bonds. The first-order valence-corrected chi connectivity index (χ1v) is 9.38. The van der Waals surface area contributed by atoms with Crippen LogP contribution in [0.3, 0.4) is 0 Å². The van der Waals surface area contributed by atoms with E-state index in [0.717, 1.165) is 17.5 Å². The van der Waals surface area contributed by atoms with E-state index in [9.17, 15) is 4.79 Å². The Labute approximate surface area is 170 Å². The van der Waals surface area contributed by atoms with E-state index in [1.54, 1.807) is 35.4 Å². The zero-order valence-electron chi connectivity index (χ0n) is 14.7. The molecule has 0 aliphatic rings. The van der Waals surface area contributed by atoms with Gasteiger partial charge in [0.25, 0.3) is 5.56 Å². The molecule has 0 unspecified atom stereocenters. The average molecular weight is 415 g/mol. The summed E-state index contributed by atoms with van der Waals surface area (Å²) in [5.74, 6) is 0.371. The van der Waals surface area contributed by atoms with Gasteiger partial charge in [-0.1, -0.05) is 35.3 Å². The predicted molar refractivity (Wildman–Crippen MR) is 110 cm³/mol. The van der Waals surface area contributed by atoms with E-state index in [2.05, 4.69) is 25.4 Å². The van der Waals surface area contributed by atoms with E-state index < -0.39 is 0 Å². The molecule has 7 nitrogen and oxygen atoms in total. The van der Waals surface area contributed by atoms with Gasteiger partial charge in [0, 0.05) is 25.5 Å². The molecule has 3 aromatic heterocycles. The predicted octanol–water partition coefficient (Wildman–Crippen LogP) is 3.68. The molecule has 0 aliphatic heterocycles. The van der Waals surface area contributed by atoms with Crippen molar-refractivity contribution in [1.29, 1.82) is 0 Å². The minimum absolute atomic E-state index is 0.245. The van der Waals surface area contributed by atoms with E-state index in [1.165, 1.54) is 0 Å². The Morgan fingerprint density at radius 1 is 1.11 bits per heavy atom. The Morgan fingerprint density at radius 3 is 2.79 bits per heavy atom. The fourth-order valence-corrected chi connectivity index (χ4v) is 3.20. The van der Waals surface area contributed by atoms with E-state index in [-0.39, 0.29) is 5.56 Å². The van der Waals surface area contributed by atoms with Crippen LogP contribution in [-0.2, 0) is 19.5 Å². The van der Waals surface area contributed by atoms with Crippen molar-refractivity contribution in [2.24, 2.45) is 0 Å². The summed E-state index contributed by atoms with van der Waals surface area (Å²) >= 11 is 12.0. The number of H-pyrrole nitrogens is 1. The summed E-state index contributed by atoms with van der Waals surface area (Å²) in [6.45, 7) is 1.01. The normalized spacial score (nSPS) is 11.1. The largest absolute Gasteiger partial charge is 0.352 e. The van der Waals surface area contributed by atoms with Gasteiger partial charge in [0.05, 0.1) is 16.2 Å². The van der Waals surface area contributed by atoms with Crippen LogP contribution < -0.4 is 10.9 Å². The molecule has 0 saturated carbocycles. The van der Waals surface area contributed by atoms with Crippen LogP contribution >= 0.6 is 23.2 Å². The summed E-state index contributed by atoms with van der Waals surface area (Å²) in [7, 11) is 0. The van der Waals surface area contributed by atoms with Crippen LogP contribution in [0.25, 0.3) is 11.0 Å². The number of pyridine rings is 1. The van der Waals surface area contributed by atoms with Crippen LogP contribution in [0, 0.1) is 0 Å². The van der Waals surface area contributed by atoms with Crippen molar-refractivity contribution in [3.05, 3.63) is 80.4 Å². The molecule has 1 aromatic carbocycles. The first kappa shape index (κ1) is 18.5. The van der Waals surface area contributed by atoms with Crippen LogP contribution in [0.4, 0.5) is 5.95 Å². The molecular weight excluding hydrogens is 399 g/mol. The van der Waals surface area contributed by atoms with E-state index in [4.69, 9.17) is 23.2 Å². The fourth-order valence-electron chi connectivity index (χ4n) is 2.88. The number of nitrogens with one attached hydrogen (secondary N) is 2. The number of halogens is 2. The van der Waals surface area contributed by atoms with Gasteiger partial charge < -0.3 is 5.32 Å². The number of nitrogens with zero attached hydrogens (tertiary/aromatic N) is 4. The summed E-state index contributed by atoms with van der Waals surface area (Å²) in [5, 5.41) is 8.38. The maximum atomic E-state index is 12.6. The first-order chi connectivity index (χ1) is 13.6. The number of aryl methyl sites for hydroxylation is 2. The lowest BCUT2D eigenvalue weighted by molar-refractivity contribution is 0.632. The lowest BCUT2D eigenvalue weighted by Crippen LogP contribution is -2.16. The molecule has 2 N–H and O–H groups in total. The van der Waals surface area contributed by atoms with Crippen LogP contribution in [0.15, 0.2) is 53.7 Å². The fraction of sp³-hybridized carbons (Fsp3) is 0.158. The minimum atomic E-state index is -0.245. The molecule has 0 saturated heterocycles. The zero-order chi connectivity index (χ0) is 19.5. The molecule has 0 bridgehead atoms. The standard InChI is InChI=1S/C19H16Cl2N6O/c20-14-4-3-13(8-15(14)21)10-23-19-25-16-11-24-27(17(16)18(28)26-19)7-5-12-2-1-6-22-9-12/h1-4,6,8-9,11H,5,7,10H2,(H2,23,25,26,28). The highest BCUT2D eigenvalue weighted by Gasteiger charge is 2.11. The Balaban J connectivity index is 1.51. The van der Waals surface area contributed by atoms with Gasteiger partial charge in [0.15, 0.2) is 5.52 Å². The second-order valence-electron chi connectivity index (χ2n) is 6.23. The number of fused-ring (bicyclic) bond motifs is 1. The topological polar surface area (TPSA) is 88.5 Å². The number of rotatable bonds is 6. The van der Waals surface area contributed by atoms with Crippen LogP contribution in [0.5, 0.6) is 0 Å². The number of aromatic amines is 1. The van der Waals surface area contributed by atoms with Crippen molar-refractivity contribution < 1.29 is 0 Å².